The zero-order chi connectivity index (χ0) is 21.6. The van der Waals surface area contributed by atoms with Gasteiger partial charge in [-0.2, -0.15) is 4.31 Å². The monoisotopic (exact) mass is 447 g/mol. The highest BCUT2D eigenvalue weighted by molar-refractivity contribution is 7.89. The highest BCUT2D eigenvalue weighted by atomic mass is 35.5. The molecule has 2 aromatic carbocycles. The predicted molar refractivity (Wildman–Crippen MR) is 110 cm³/mol. The third-order valence-corrected chi connectivity index (χ3v) is 7.48. The fourth-order valence-electron chi connectivity index (χ4n) is 3.75. The lowest BCUT2D eigenvalue weighted by Crippen LogP contribution is -2.43. The standard InChI is InChI=1S/C20H18ClN3O5S/c1-23-19(26)14-4-2-5-15(17(14)20(23)27)22-18(25)16-6-3-11-24(16)30(28,29)13-9-7-12(21)8-10-13/h2,4-5,7-10,16H,3,6,11H2,1H3,(H,22,25). The van der Waals surface area contributed by atoms with Gasteiger partial charge in [0.15, 0.2) is 0 Å². The number of anilines is 1. The van der Waals surface area contributed by atoms with E-state index in [1.54, 1.807) is 6.07 Å². The molecule has 3 amide bonds. The lowest BCUT2D eigenvalue weighted by molar-refractivity contribution is -0.119. The Morgan fingerprint density at radius 1 is 1.10 bits per heavy atom. The maximum Gasteiger partial charge on any atom is 0.263 e. The maximum atomic E-state index is 13.0. The fraction of sp³-hybridized carbons (Fsp3) is 0.250. The zero-order valence-electron chi connectivity index (χ0n) is 16.0. The Bertz CT molecular complexity index is 1160. The van der Waals surface area contributed by atoms with Crippen molar-refractivity contribution >= 4 is 45.0 Å². The van der Waals surface area contributed by atoms with Gasteiger partial charge in [0.2, 0.25) is 15.9 Å². The number of sulfonamides is 1. The lowest BCUT2D eigenvalue weighted by Gasteiger charge is -2.23. The minimum atomic E-state index is -3.90. The Morgan fingerprint density at radius 2 is 1.80 bits per heavy atom. The molecule has 8 nitrogen and oxygen atoms in total. The second-order valence-electron chi connectivity index (χ2n) is 7.11. The average molecular weight is 448 g/mol. The van der Waals surface area contributed by atoms with Gasteiger partial charge in [0.25, 0.3) is 11.8 Å². The molecule has 0 aromatic heterocycles. The van der Waals surface area contributed by atoms with Gasteiger partial charge in [-0.25, -0.2) is 8.42 Å². The normalized spacial score (nSPS) is 19.3. The van der Waals surface area contributed by atoms with E-state index >= 15 is 0 Å². The number of amides is 3. The van der Waals surface area contributed by atoms with Gasteiger partial charge in [0.05, 0.1) is 21.7 Å². The van der Waals surface area contributed by atoms with E-state index in [1.165, 1.54) is 43.4 Å². The summed E-state index contributed by atoms with van der Waals surface area (Å²) in [4.78, 5) is 38.6. The van der Waals surface area contributed by atoms with Crippen molar-refractivity contribution in [1.29, 1.82) is 0 Å². The molecule has 1 saturated heterocycles. The van der Waals surface area contributed by atoms with E-state index in [0.29, 0.717) is 17.9 Å². The summed E-state index contributed by atoms with van der Waals surface area (Å²) in [7, 11) is -2.53. The van der Waals surface area contributed by atoms with E-state index in [4.69, 9.17) is 11.6 Å². The molecular weight excluding hydrogens is 430 g/mol. The number of imide groups is 1. The molecule has 30 heavy (non-hydrogen) atoms. The van der Waals surface area contributed by atoms with Crippen LogP contribution < -0.4 is 5.32 Å². The molecule has 156 valence electrons. The van der Waals surface area contributed by atoms with Crippen LogP contribution in [0, 0.1) is 0 Å². The summed E-state index contributed by atoms with van der Waals surface area (Å²) in [6, 6.07) is 9.43. The highest BCUT2D eigenvalue weighted by Crippen LogP contribution is 2.31. The first kappa shape index (κ1) is 20.5. The molecule has 2 aliphatic heterocycles. The van der Waals surface area contributed by atoms with Gasteiger partial charge in [0.1, 0.15) is 6.04 Å². The van der Waals surface area contributed by atoms with Crippen molar-refractivity contribution in [2.45, 2.75) is 23.8 Å². The summed E-state index contributed by atoms with van der Waals surface area (Å²) < 4.78 is 27.2. The molecular formula is C20H18ClN3O5S. The summed E-state index contributed by atoms with van der Waals surface area (Å²) in [6.07, 6.45) is 0.873. The molecule has 2 aromatic rings. The minimum absolute atomic E-state index is 0.0506. The first-order chi connectivity index (χ1) is 14.2. The number of rotatable bonds is 4. The second-order valence-corrected chi connectivity index (χ2v) is 9.44. The van der Waals surface area contributed by atoms with Crippen molar-refractivity contribution in [1.82, 2.24) is 9.21 Å². The van der Waals surface area contributed by atoms with Crippen molar-refractivity contribution in [3.05, 3.63) is 58.6 Å². The predicted octanol–water partition coefficient (Wildman–Crippen LogP) is 2.36. The SMILES string of the molecule is CN1C(=O)c2cccc(NC(=O)C3CCCN3S(=O)(=O)c3ccc(Cl)cc3)c2C1=O. The van der Waals surface area contributed by atoms with E-state index < -0.39 is 33.8 Å². The summed E-state index contributed by atoms with van der Waals surface area (Å²) >= 11 is 5.84. The Kier molecular flexibility index (Phi) is 5.13. The Hall–Kier alpha value is -2.75. The van der Waals surface area contributed by atoms with Gasteiger partial charge < -0.3 is 5.32 Å². The molecule has 2 aliphatic rings. The van der Waals surface area contributed by atoms with E-state index in [-0.39, 0.29) is 28.3 Å². The first-order valence-electron chi connectivity index (χ1n) is 9.25. The van der Waals surface area contributed by atoms with E-state index in [0.717, 1.165) is 9.21 Å². The van der Waals surface area contributed by atoms with Gasteiger partial charge in [0, 0.05) is 18.6 Å². The number of carbonyl (C=O) groups is 3. The van der Waals surface area contributed by atoms with Gasteiger partial charge in [-0.15, -0.1) is 0 Å². The Balaban J connectivity index is 1.61. The zero-order valence-corrected chi connectivity index (χ0v) is 17.5. The molecule has 0 spiro atoms. The second kappa shape index (κ2) is 7.50. The van der Waals surface area contributed by atoms with Crippen LogP contribution in [0.25, 0.3) is 0 Å². The number of benzene rings is 2. The molecule has 1 atom stereocenters. The summed E-state index contributed by atoms with van der Waals surface area (Å²) in [6.45, 7) is 0.204. The van der Waals surface area contributed by atoms with Gasteiger partial charge in [-0.3, -0.25) is 19.3 Å². The van der Waals surface area contributed by atoms with Crippen LogP contribution >= 0.6 is 11.6 Å². The molecule has 0 bridgehead atoms. The van der Waals surface area contributed by atoms with Crippen molar-refractivity contribution in [2.24, 2.45) is 0 Å². The number of nitrogens with zero attached hydrogens (tertiary/aromatic N) is 2. The van der Waals surface area contributed by atoms with Gasteiger partial charge >= 0.3 is 0 Å². The minimum Gasteiger partial charge on any atom is -0.324 e. The smallest absolute Gasteiger partial charge is 0.263 e. The largest absolute Gasteiger partial charge is 0.324 e. The number of carbonyl (C=O) groups excluding carboxylic acids is 3. The van der Waals surface area contributed by atoms with Crippen molar-refractivity contribution in [2.75, 3.05) is 18.9 Å². The van der Waals surface area contributed by atoms with Crippen molar-refractivity contribution < 1.29 is 22.8 Å². The molecule has 0 saturated carbocycles. The number of hydrogen-bond donors (Lipinski definition) is 1. The molecule has 0 aliphatic carbocycles. The quantitative estimate of drug-likeness (QED) is 0.724. The van der Waals surface area contributed by atoms with Gasteiger partial charge in [-0.1, -0.05) is 17.7 Å². The molecule has 0 radical (unpaired) electrons. The Morgan fingerprint density at radius 3 is 2.50 bits per heavy atom. The van der Waals surface area contributed by atoms with E-state index in [9.17, 15) is 22.8 Å². The summed E-state index contributed by atoms with van der Waals surface area (Å²) in [5.41, 5.74) is 0.511. The molecule has 4 rings (SSSR count). The topological polar surface area (TPSA) is 104 Å². The molecule has 1 fully saturated rings. The summed E-state index contributed by atoms with van der Waals surface area (Å²) in [5, 5.41) is 3.06. The third kappa shape index (κ3) is 3.28. The molecule has 1 N–H and O–H groups in total. The summed E-state index contributed by atoms with van der Waals surface area (Å²) in [5.74, 6) is -1.50. The van der Waals surface area contributed by atoms with Gasteiger partial charge in [-0.05, 0) is 49.2 Å². The van der Waals surface area contributed by atoms with Crippen LogP contribution in [0.1, 0.15) is 33.6 Å². The number of fused-ring (bicyclic) bond motifs is 1. The van der Waals surface area contributed by atoms with E-state index in [1.807, 2.05) is 0 Å². The molecule has 10 heteroatoms. The van der Waals surface area contributed by atoms with Crippen LogP contribution in [0.4, 0.5) is 5.69 Å². The Labute approximate surface area is 178 Å². The average Bonchev–Trinajstić information content (AvgIpc) is 3.30. The van der Waals surface area contributed by atoms with E-state index in [2.05, 4.69) is 5.32 Å². The van der Waals surface area contributed by atoms with Crippen LogP contribution in [0.3, 0.4) is 0 Å². The first-order valence-corrected chi connectivity index (χ1v) is 11.1. The van der Waals surface area contributed by atoms with Crippen LogP contribution in [0.2, 0.25) is 5.02 Å². The lowest BCUT2D eigenvalue weighted by atomic mass is 10.1. The highest BCUT2D eigenvalue weighted by Gasteiger charge is 2.41. The maximum absolute atomic E-state index is 13.0. The number of halogens is 1. The van der Waals surface area contributed by atoms with Crippen LogP contribution in [-0.4, -0.2) is 55.0 Å². The van der Waals surface area contributed by atoms with Crippen LogP contribution in [-0.2, 0) is 14.8 Å². The molecule has 2 heterocycles. The van der Waals surface area contributed by atoms with Crippen LogP contribution in [0.15, 0.2) is 47.4 Å². The third-order valence-electron chi connectivity index (χ3n) is 5.30. The number of nitrogens with one attached hydrogen (secondary N) is 1. The molecule has 1 unspecified atom stereocenters. The van der Waals surface area contributed by atoms with Crippen molar-refractivity contribution in [3.63, 3.8) is 0 Å². The fourth-order valence-corrected chi connectivity index (χ4v) is 5.54. The number of hydrogen-bond acceptors (Lipinski definition) is 5. The van der Waals surface area contributed by atoms with Crippen molar-refractivity contribution in [3.8, 4) is 0 Å². The van der Waals surface area contributed by atoms with Crippen LogP contribution in [0.5, 0.6) is 0 Å².